The molecule has 0 radical (unpaired) electrons. The van der Waals surface area contributed by atoms with Crippen molar-refractivity contribution < 1.29 is 14.3 Å². The number of nitrogens with zero attached hydrogens (tertiary/aromatic N) is 1. The van der Waals surface area contributed by atoms with E-state index in [1.165, 1.54) is 11.0 Å². The Morgan fingerprint density at radius 1 is 1.00 bits per heavy atom. The van der Waals surface area contributed by atoms with Crippen molar-refractivity contribution in [3.63, 3.8) is 0 Å². The van der Waals surface area contributed by atoms with Gasteiger partial charge >= 0.3 is 0 Å². The van der Waals surface area contributed by atoms with E-state index in [-0.39, 0.29) is 24.1 Å². The SMILES string of the molecule is C[C@@H](C(=O)NC(C)(C)C)N(Cc1ccc(Cl)cc1Cl)C(=O)COc1ccc(Cl)cc1Cl. The van der Waals surface area contributed by atoms with E-state index in [1.807, 2.05) is 20.8 Å². The van der Waals surface area contributed by atoms with Crippen molar-refractivity contribution in [2.45, 2.75) is 45.8 Å². The molecule has 0 saturated heterocycles. The van der Waals surface area contributed by atoms with Crippen molar-refractivity contribution in [2.24, 2.45) is 0 Å². The molecule has 0 aromatic heterocycles. The zero-order valence-corrected chi connectivity index (χ0v) is 20.7. The highest BCUT2D eigenvalue weighted by Gasteiger charge is 2.29. The van der Waals surface area contributed by atoms with Crippen LogP contribution < -0.4 is 10.1 Å². The monoisotopic (exact) mass is 504 g/mol. The van der Waals surface area contributed by atoms with Gasteiger partial charge in [0, 0.05) is 27.2 Å². The standard InChI is InChI=1S/C22H24Cl4N2O3/c1-13(21(30)27-22(2,3)4)28(11-14-5-6-15(23)9-17(14)25)20(29)12-31-19-8-7-16(24)10-18(19)26/h5-10,13H,11-12H2,1-4H3,(H,27,30)/t13-/m0/s1. The molecule has 2 rings (SSSR count). The summed E-state index contributed by atoms with van der Waals surface area (Å²) in [5, 5.41) is 4.50. The molecule has 5 nitrogen and oxygen atoms in total. The lowest BCUT2D eigenvalue weighted by Gasteiger charge is -2.31. The van der Waals surface area contributed by atoms with Gasteiger partial charge in [0.05, 0.1) is 5.02 Å². The first-order valence-electron chi connectivity index (χ1n) is 9.50. The van der Waals surface area contributed by atoms with Crippen molar-refractivity contribution in [2.75, 3.05) is 6.61 Å². The van der Waals surface area contributed by atoms with Gasteiger partial charge in [-0.1, -0.05) is 52.5 Å². The van der Waals surface area contributed by atoms with E-state index in [0.29, 0.717) is 26.4 Å². The third-order valence-electron chi connectivity index (χ3n) is 4.27. The van der Waals surface area contributed by atoms with Crippen LogP contribution in [0.1, 0.15) is 33.3 Å². The molecule has 9 heteroatoms. The maximum atomic E-state index is 13.1. The minimum absolute atomic E-state index is 0.102. The van der Waals surface area contributed by atoms with E-state index in [1.54, 1.807) is 37.3 Å². The summed E-state index contributed by atoms with van der Waals surface area (Å²) in [5.41, 5.74) is 0.199. The summed E-state index contributed by atoms with van der Waals surface area (Å²) in [4.78, 5) is 27.2. The van der Waals surface area contributed by atoms with Gasteiger partial charge in [0.25, 0.3) is 5.91 Å². The lowest BCUT2D eigenvalue weighted by atomic mass is 10.1. The maximum absolute atomic E-state index is 13.1. The molecule has 168 valence electrons. The van der Waals surface area contributed by atoms with Crippen LogP contribution in [-0.4, -0.2) is 34.9 Å². The van der Waals surface area contributed by atoms with Crippen molar-refractivity contribution in [1.29, 1.82) is 0 Å². The van der Waals surface area contributed by atoms with Crippen LogP contribution in [0.4, 0.5) is 0 Å². The molecule has 0 aliphatic heterocycles. The lowest BCUT2D eigenvalue weighted by molar-refractivity contribution is -0.142. The molecule has 2 aromatic carbocycles. The lowest BCUT2D eigenvalue weighted by Crippen LogP contribution is -2.53. The fourth-order valence-electron chi connectivity index (χ4n) is 2.70. The fourth-order valence-corrected chi connectivity index (χ4v) is 3.64. The number of halogens is 4. The van der Waals surface area contributed by atoms with Gasteiger partial charge in [-0.25, -0.2) is 0 Å². The van der Waals surface area contributed by atoms with Crippen LogP contribution in [0.5, 0.6) is 5.75 Å². The third-order valence-corrected chi connectivity index (χ3v) is 5.38. The Morgan fingerprint density at radius 2 is 1.58 bits per heavy atom. The first-order chi connectivity index (χ1) is 14.4. The van der Waals surface area contributed by atoms with E-state index in [0.717, 1.165) is 0 Å². The number of ether oxygens (including phenoxy) is 1. The molecule has 0 unspecified atom stereocenters. The summed E-state index contributed by atoms with van der Waals surface area (Å²) in [6.45, 7) is 7.03. The Labute approximate surface area is 202 Å². The van der Waals surface area contributed by atoms with Crippen molar-refractivity contribution in [3.8, 4) is 5.75 Å². The summed E-state index contributed by atoms with van der Waals surface area (Å²) < 4.78 is 5.58. The third kappa shape index (κ3) is 7.76. The quantitative estimate of drug-likeness (QED) is 0.501. The van der Waals surface area contributed by atoms with Gasteiger partial charge in [-0.3, -0.25) is 9.59 Å². The predicted molar refractivity (Wildman–Crippen MR) is 126 cm³/mol. The highest BCUT2D eigenvalue weighted by molar-refractivity contribution is 6.35. The van der Waals surface area contributed by atoms with Gasteiger partial charge in [-0.15, -0.1) is 0 Å². The molecule has 1 atom stereocenters. The van der Waals surface area contributed by atoms with Crippen LogP contribution in [0.3, 0.4) is 0 Å². The molecule has 0 heterocycles. The summed E-state index contributed by atoms with van der Waals surface area (Å²) in [7, 11) is 0. The fraction of sp³-hybridized carbons (Fsp3) is 0.364. The Kier molecular flexibility index (Phi) is 8.90. The molecule has 0 spiro atoms. The Hall–Kier alpha value is -1.66. The molecule has 0 aliphatic carbocycles. The van der Waals surface area contributed by atoms with E-state index in [2.05, 4.69) is 5.32 Å². The van der Waals surface area contributed by atoms with Crippen LogP contribution >= 0.6 is 46.4 Å². The molecule has 1 N–H and O–H groups in total. The molecule has 2 aromatic rings. The first kappa shape index (κ1) is 25.6. The summed E-state index contributed by atoms with van der Waals surface area (Å²) in [6.07, 6.45) is 0. The number of carbonyl (C=O) groups is 2. The molecule has 0 bridgehead atoms. The van der Waals surface area contributed by atoms with E-state index in [4.69, 9.17) is 51.1 Å². The van der Waals surface area contributed by atoms with Gasteiger partial charge in [0.1, 0.15) is 11.8 Å². The zero-order valence-electron chi connectivity index (χ0n) is 17.6. The van der Waals surface area contributed by atoms with Gasteiger partial charge in [0.2, 0.25) is 5.91 Å². The van der Waals surface area contributed by atoms with E-state index < -0.39 is 17.5 Å². The second kappa shape index (κ2) is 10.8. The topological polar surface area (TPSA) is 58.6 Å². The molecular formula is C22H24Cl4N2O3. The molecule has 0 aliphatic rings. The number of carbonyl (C=O) groups excluding carboxylic acids is 2. The van der Waals surface area contributed by atoms with Gasteiger partial charge in [-0.05, 0) is 63.6 Å². The Morgan fingerprint density at radius 3 is 2.13 bits per heavy atom. The molecule has 0 fully saturated rings. The number of benzene rings is 2. The number of amides is 2. The van der Waals surface area contributed by atoms with Crippen LogP contribution in [0.2, 0.25) is 20.1 Å². The number of rotatable bonds is 7. The minimum Gasteiger partial charge on any atom is -0.482 e. The zero-order chi connectivity index (χ0) is 23.3. The average molecular weight is 506 g/mol. The van der Waals surface area contributed by atoms with Crippen LogP contribution in [-0.2, 0) is 16.1 Å². The number of hydrogen-bond acceptors (Lipinski definition) is 3. The first-order valence-corrected chi connectivity index (χ1v) is 11.0. The van der Waals surface area contributed by atoms with Crippen molar-refractivity contribution in [3.05, 3.63) is 62.1 Å². The second-order valence-electron chi connectivity index (χ2n) is 8.04. The summed E-state index contributed by atoms with van der Waals surface area (Å²) in [6, 6.07) is 8.92. The van der Waals surface area contributed by atoms with E-state index in [9.17, 15) is 9.59 Å². The van der Waals surface area contributed by atoms with Gasteiger partial charge in [-0.2, -0.15) is 0 Å². The van der Waals surface area contributed by atoms with Crippen LogP contribution in [0.15, 0.2) is 36.4 Å². The molecule has 0 saturated carbocycles. The Bertz CT molecular complexity index is 960. The number of nitrogens with one attached hydrogen (secondary N) is 1. The highest BCUT2D eigenvalue weighted by Crippen LogP contribution is 2.28. The Balaban J connectivity index is 2.24. The number of hydrogen-bond donors (Lipinski definition) is 1. The summed E-state index contributed by atoms with van der Waals surface area (Å²) >= 11 is 24.3. The second-order valence-corrected chi connectivity index (χ2v) is 9.72. The van der Waals surface area contributed by atoms with Crippen molar-refractivity contribution in [1.82, 2.24) is 10.2 Å². The van der Waals surface area contributed by atoms with Crippen molar-refractivity contribution >= 4 is 58.2 Å². The maximum Gasteiger partial charge on any atom is 0.261 e. The highest BCUT2D eigenvalue weighted by atomic mass is 35.5. The molecule has 31 heavy (non-hydrogen) atoms. The predicted octanol–water partition coefficient (Wildman–Crippen LogP) is 6.01. The van der Waals surface area contributed by atoms with Crippen LogP contribution in [0, 0.1) is 0 Å². The molecule has 2 amide bonds. The average Bonchev–Trinajstić information content (AvgIpc) is 2.64. The normalized spacial score (nSPS) is 12.3. The smallest absolute Gasteiger partial charge is 0.261 e. The van der Waals surface area contributed by atoms with E-state index >= 15 is 0 Å². The van der Waals surface area contributed by atoms with Gasteiger partial charge in [0.15, 0.2) is 6.61 Å². The van der Waals surface area contributed by atoms with Crippen LogP contribution in [0.25, 0.3) is 0 Å². The molecular weight excluding hydrogens is 482 g/mol. The minimum atomic E-state index is -0.775. The van der Waals surface area contributed by atoms with Gasteiger partial charge < -0.3 is 15.0 Å². The summed E-state index contributed by atoms with van der Waals surface area (Å²) in [5.74, 6) is -0.389. The largest absolute Gasteiger partial charge is 0.482 e.